The molecule has 0 saturated carbocycles. The summed E-state index contributed by atoms with van der Waals surface area (Å²) in [4.78, 5) is 12.3. The molecule has 0 radical (unpaired) electrons. The quantitative estimate of drug-likeness (QED) is 0.523. The van der Waals surface area contributed by atoms with E-state index in [2.05, 4.69) is 21.2 Å². The molecule has 29 heavy (non-hydrogen) atoms. The van der Waals surface area contributed by atoms with Crippen molar-refractivity contribution in [3.05, 3.63) is 58.6 Å². The molecule has 0 aromatic heterocycles. The van der Waals surface area contributed by atoms with Gasteiger partial charge in [0.1, 0.15) is 12.3 Å². The molecule has 0 spiro atoms. The molecular formula is C21H27BrN2O4S. The van der Waals surface area contributed by atoms with Gasteiger partial charge in [0.25, 0.3) is 0 Å². The number of ether oxygens (including phenoxy) is 1. The zero-order chi connectivity index (χ0) is 21.4. The zero-order valence-electron chi connectivity index (χ0n) is 16.9. The standard InChI is InChI=1S/C21H27BrN2O4S/c1-16(2)28-20-12-6-17(7-13-20)5-4-14-23-21(25)15-24(29(3,26)27)19-10-8-18(22)9-11-19/h6-13,16H,4-5,14-15H2,1-3H3,(H,23,25). The number of anilines is 1. The van der Waals surface area contributed by atoms with Gasteiger partial charge in [-0.05, 0) is 68.7 Å². The second-order valence-electron chi connectivity index (χ2n) is 7.01. The summed E-state index contributed by atoms with van der Waals surface area (Å²) < 4.78 is 31.7. The molecule has 0 aliphatic heterocycles. The molecule has 2 rings (SSSR count). The lowest BCUT2D eigenvalue weighted by Gasteiger charge is -2.22. The first-order chi connectivity index (χ1) is 13.6. The van der Waals surface area contributed by atoms with Crippen LogP contribution in [0.25, 0.3) is 0 Å². The Hall–Kier alpha value is -2.06. The fourth-order valence-electron chi connectivity index (χ4n) is 2.72. The number of halogens is 1. The van der Waals surface area contributed by atoms with E-state index >= 15 is 0 Å². The molecule has 2 aromatic carbocycles. The molecule has 0 unspecified atom stereocenters. The summed E-state index contributed by atoms with van der Waals surface area (Å²) in [5, 5.41) is 2.80. The topological polar surface area (TPSA) is 75.7 Å². The molecule has 0 aliphatic rings. The van der Waals surface area contributed by atoms with E-state index in [0.29, 0.717) is 12.2 Å². The monoisotopic (exact) mass is 482 g/mol. The number of sulfonamides is 1. The van der Waals surface area contributed by atoms with Crippen molar-refractivity contribution < 1.29 is 17.9 Å². The maximum absolute atomic E-state index is 12.3. The molecule has 0 fully saturated rings. The van der Waals surface area contributed by atoms with Gasteiger partial charge < -0.3 is 10.1 Å². The maximum Gasteiger partial charge on any atom is 0.240 e. The predicted octanol–water partition coefficient (Wildman–Crippen LogP) is 3.75. The fourth-order valence-corrected chi connectivity index (χ4v) is 3.84. The number of carbonyl (C=O) groups is 1. The van der Waals surface area contributed by atoms with Crippen LogP contribution in [0.5, 0.6) is 5.75 Å². The molecule has 0 bridgehead atoms. The molecule has 1 N–H and O–H groups in total. The van der Waals surface area contributed by atoms with E-state index in [-0.39, 0.29) is 18.6 Å². The van der Waals surface area contributed by atoms with Crippen molar-refractivity contribution in [1.82, 2.24) is 5.32 Å². The largest absolute Gasteiger partial charge is 0.491 e. The Labute approximate surface area is 181 Å². The normalized spacial score (nSPS) is 11.3. The molecule has 6 nitrogen and oxygen atoms in total. The van der Waals surface area contributed by atoms with Crippen LogP contribution in [0.2, 0.25) is 0 Å². The molecule has 0 saturated heterocycles. The van der Waals surface area contributed by atoms with Crippen molar-refractivity contribution in [2.45, 2.75) is 32.8 Å². The average molecular weight is 483 g/mol. The second kappa shape index (κ2) is 10.6. The van der Waals surface area contributed by atoms with Gasteiger partial charge in [-0.2, -0.15) is 0 Å². The summed E-state index contributed by atoms with van der Waals surface area (Å²) >= 11 is 3.32. The minimum Gasteiger partial charge on any atom is -0.491 e. The van der Waals surface area contributed by atoms with E-state index in [1.165, 1.54) is 0 Å². The van der Waals surface area contributed by atoms with Crippen molar-refractivity contribution in [2.24, 2.45) is 0 Å². The first-order valence-electron chi connectivity index (χ1n) is 9.41. The van der Waals surface area contributed by atoms with Gasteiger partial charge in [-0.3, -0.25) is 9.10 Å². The van der Waals surface area contributed by atoms with Crippen molar-refractivity contribution >= 4 is 37.5 Å². The second-order valence-corrected chi connectivity index (χ2v) is 9.83. The predicted molar refractivity (Wildman–Crippen MR) is 120 cm³/mol. The minimum absolute atomic E-state index is 0.139. The number of rotatable bonds is 10. The van der Waals surface area contributed by atoms with Crippen LogP contribution in [0.1, 0.15) is 25.8 Å². The molecule has 8 heteroatoms. The van der Waals surface area contributed by atoms with Crippen LogP contribution < -0.4 is 14.4 Å². The summed E-state index contributed by atoms with van der Waals surface area (Å²) in [6.45, 7) is 4.19. The van der Waals surface area contributed by atoms with Crippen LogP contribution >= 0.6 is 15.9 Å². The highest BCUT2D eigenvalue weighted by Gasteiger charge is 2.20. The van der Waals surface area contributed by atoms with E-state index in [0.717, 1.165) is 39.2 Å². The highest BCUT2D eigenvalue weighted by atomic mass is 79.9. The van der Waals surface area contributed by atoms with Crippen molar-refractivity contribution in [3.8, 4) is 5.75 Å². The third-order valence-electron chi connectivity index (χ3n) is 4.06. The van der Waals surface area contributed by atoms with Gasteiger partial charge in [-0.1, -0.05) is 28.1 Å². The highest BCUT2D eigenvalue weighted by molar-refractivity contribution is 9.10. The molecule has 2 aromatic rings. The number of nitrogens with one attached hydrogen (secondary N) is 1. The molecule has 0 heterocycles. The van der Waals surface area contributed by atoms with Crippen LogP contribution in [-0.2, 0) is 21.2 Å². The Morgan fingerprint density at radius 2 is 1.72 bits per heavy atom. The van der Waals surface area contributed by atoms with E-state index in [4.69, 9.17) is 4.74 Å². The smallest absolute Gasteiger partial charge is 0.240 e. The van der Waals surface area contributed by atoms with E-state index in [9.17, 15) is 13.2 Å². The summed E-state index contributed by atoms with van der Waals surface area (Å²) in [7, 11) is -3.57. The van der Waals surface area contributed by atoms with Crippen LogP contribution in [-0.4, -0.2) is 39.8 Å². The van der Waals surface area contributed by atoms with Gasteiger partial charge in [-0.25, -0.2) is 8.42 Å². The number of nitrogens with zero attached hydrogens (tertiary/aromatic N) is 1. The summed E-state index contributed by atoms with van der Waals surface area (Å²) in [6.07, 6.45) is 2.80. The van der Waals surface area contributed by atoms with Crippen molar-refractivity contribution in [1.29, 1.82) is 0 Å². The Bertz CT molecular complexity index is 897. The van der Waals surface area contributed by atoms with Gasteiger partial charge >= 0.3 is 0 Å². The van der Waals surface area contributed by atoms with Crippen molar-refractivity contribution in [2.75, 3.05) is 23.7 Å². The molecular weight excluding hydrogens is 456 g/mol. The van der Waals surface area contributed by atoms with E-state index in [1.807, 2.05) is 38.1 Å². The lowest BCUT2D eigenvalue weighted by Crippen LogP contribution is -2.40. The van der Waals surface area contributed by atoms with Gasteiger partial charge in [0.2, 0.25) is 15.9 Å². The lowest BCUT2D eigenvalue weighted by atomic mass is 10.1. The minimum atomic E-state index is -3.57. The SMILES string of the molecule is CC(C)Oc1ccc(CCCNC(=O)CN(c2ccc(Br)cc2)S(C)(=O)=O)cc1. The molecule has 0 atom stereocenters. The van der Waals surface area contributed by atoms with Crippen LogP contribution in [0.15, 0.2) is 53.0 Å². The summed E-state index contributed by atoms with van der Waals surface area (Å²) in [5.41, 5.74) is 1.61. The van der Waals surface area contributed by atoms with E-state index < -0.39 is 10.0 Å². The number of amides is 1. The Balaban J connectivity index is 1.82. The van der Waals surface area contributed by atoms with Crippen molar-refractivity contribution in [3.63, 3.8) is 0 Å². The third kappa shape index (κ3) is 8.06. The number of carbonyl (C=O) groups excluding carboxylic acids is 1. The van der Waals surface area contributed by atoms with E-state index in [1.54, 1.807) is 24.3 Å². The molecule has 0 aliphatic carbocycles. The summed E-state index contributed by atoms with van der Waals surface area (Å²) in [5.74, 6) is 0.505. The van der Waals surface area contributed by atoms with Gasteiger partial charge in [-0.15, -0.1) is 0 Å². The third-order valence-corrected chi connectivity index (χ3v) is 5.73. The number of hydrogen-bond donors (Lipinski definition) is 1. The van der Waals surface area contributed by atoms with Gasteiger partial charge in [0, 0.05) is 11.0 Å². The number of benzene rings is 2. The van der Waals surface area contributed by atoms with Crippen LogP contribution in [0, 0.1) is 0 Å². The van der Waals surface area contributed by atoms with Crippen LogP contribution in [0.3, 0.4) is 0 Å². The zero-order valence-corrected chi connectivity index (χ0v) is 19.3. The lowest BCUT2D eigenvalue weighted by molar-refractivity contribution is -0.119. The highest BCUT2D eigenvalue weighted by Crippen LogP contribution is 2.20. The number of hydrogen-bond acceptors (Lipinski definition) is 4. The Morgan fingerprint density at radius 1 is 1.10 bits per heavy atom. The number of aryl methyl sites for hydroxylation is 1. The first kappa shape index (κ1) is 23.2. The Morgan fingerprint density at radius 3 is 2.28 bits per heavy atom. The maximum atomic E-state index is 12.3. The molecule has 158 valence electrons. The Kier molecular flexibility index (Phi) is 8.52. The average Bonchev–Trinajstić information content (AvgIpc) is 2.64. The van der Waals surface area contributed by atoms with Gasteiger partial charge in [0.05, 0.1) is 18.0 Å². The molecule has 1 amide bonds. The van der Waals surface area contributed by atoms with Gasteiger partial charge in [0.15, 0.2) is 0 Å². The summed E-state index contributed by atoms with van der Waals surface area (Å²) in [6, 6.07) is 14.7. The fraction of sp³-hybridized carbons (Fsp3) is 0.381. The first-order valence-corrected chi connectivity index (χ1v) is 12.0. The van der Waals surface area contributed by atoms with Crippen LogP contribution in [0.4, 0.5) is 5.69 Å².